The molecule has 8 aromatic rings. The zero-order valence-electron chi connectivity index (χ0n) is 64.9. The third-order valence-electron chi connectivity index (χ3n) is 22.2. The van der Waals surface area contributed by atoms with Crippen molar-refractivity contribution >= 4 is 63.3 Å². The van der Waals surface area contributed by atoms with Crippen molar-refractivity contribution in [3.8, 4) is 56.3 Å². The number of hydrogen-bond acceptors (Lipinski definition) is 16. The van der Waals surface area contributed by atoms with E-state index in [1.807, 2.05) is 56.8 Å². The van der Waals surface area contributed by atoms with Crippen LogP contribution in [0.3, 0.4) is 0 Å². The number of nitrogens with zero attached hydrogens (tertiary/aromatic N) is 8. The van der Waals surface area contributed by atoms with E-state index in [9.17, 15) is 43.8 Å². The van der Waals surface area contributed by atoms with E-state index in [0.717, 1.165) is 97.1 Å². The number of aromatic nitrogens is 4. The van der Waals surface area contributed by atoms with Gasteiger partial charge in [0.05, 0.1) is 36.6 Å². The number of phenols is 2. The molecule has 5 aliphatic heterocycles. The fourth-order valence-electron chi connectivity index (χ4n) is 16.7. The second-order valence-electron chi connectivity index (χ2n) is 31.9. The molecule has 0 saturated carbocycles. The molecule has 4 aromatic carbocycles. The Labute approximate surface area is 638 Å². The summed E-state index contributed by atoms with van der Waals surface area (Å²) < 4.78 is 16.7. The van der Waals surface area contributed by atoms with Gasteiger partial charge >= 0.3 is 11.9 Å². The maximum absolute atomic E-state index is 14.7. The number of nitrogens with one attached hydrogen (secondary N) is 3. The molecule has 23 heteroatoms. The summed E-state index contributed by atoms with van der Waals surface area (Å²) in [6, 6.07) is 23.1. The van der Waals surface area contributed by atoms with Crippen LogP contribution in [0.4, 0.5) is 0 Å². The van der Waals surface area contributed by atoms with Crippen molar-refractivity contribution < 1.29 is 53.2 Å². The van der Waals surface area contributed by atoms with Crippen molar-refractivity contribution in [2.45, 2.75) is 183 Å². The van der Waals surface area contributed by atoms with Crippen LogP contribution in [0.2, 0.25) is 0 Å². The van der Waals surface area contributed by atoms with Gasteiger partial charge in [-0.1, -0.05) is 86.2 Å². The Balaban J connectivity index is 0.000000216. The van der Waals surface area contributed by atoms with Crippen LogP contribution in [0.5, 0.6) is 11.5 Å². The Morgan fingerprint density at radius 1 is 0.661 bits per heavy atom. The van der Waals surface area contributed by atoms with E-state index in [1.54, 1.807) is 36.2 Å². The van der Waals surface area contributed by atoms with Crippen LogP contribution >= 0.6 is 0 Å². The number of rotatable bonds is 12. The summed E-state index contributed by atoms with van der Waals surface area (Å²) in [5.74, 6) is -3.34. The number of aryl methyl sites for hydroxylation is 4. The van der Waals surface area contributed by atoms with Crippen molar-refractivity contribution in [1.29, 1.82) is 0 Å². The van der Waals surface area contributed by atoms with Gasteiger partial charge in [0.1, 0.15) is 35.7 Å². The van der Waals surface area contributed by atoms with E-state index in [-0.39, 0.29) is 80.3 Å². The van der Waals surface area contributed by atoms with Gasteiger partial charge in [0.15, 0.2) is 0 Å². The number of carbonyl (C=O) groups excluding carboxylic acids is 7. The summed E-state index contributed by atoms with van der Waals surface area (Å²) in [5.41, 5.74) is 27.7. The molecule has 0 aliphatic carbocycles. The van der Waals surface area contributed by atoms with Crippen LogP contribution in [0, 0.1) is 22.7 Å². The number of esters is 2. The van der Waals surface area contributed by atoms with E-state index in [4.69, 9.17) is 15.2 Å². The lowest BCUT2D eigenvalue weighted by Crippen LogP contribution is -2.62. The lowest BCUT2D eigenvalue weighted by molar-refractivity contribution is -0.156. The number of cyclic esters (lactones) is 2. The number of hydrazine groups is 2. The monoisotopic (exact) mass is 1480 g/mol. The van der Waals surface area contributed by atoms with Crippen molar-refractivity contribution in [3.05, 3.63) is 156 Å². The average Bonchev–Trinajstić information content (AvgIpc) is 1.60. The smallest absolute Gasteiger partial charge is 0.324 e. The molecule has 5 amide bonds. The number of phenolic OH excluding ortho intramolecular Hbond substituents is 2. The van der Waals surface area contributed by atoms with Gasteiger partial charge in [0.25, 0.3) is 11.8 Å². The predicted molar refractivity (Wildman–Crippen MR) is 421 cm³/mol. The Morgan fingerprint density at radius 2 is 1.15 bits per heavy atom. The summed E-state index contributed by atoms with van der Waals surface area (Å²) in [7, 11) is 1.58. The lowest BCUT2D eigenvalue weighted by atomic mass is 9.84. The fraction of sp³-hybridized carbons (Fsp3) is 0.453. The first-order valence-corrected chi connectivity index (χ1v) is 38.7. The van der Waals surface area contributed by atoms with E-state index in [0.29, 0.717) is 70.1 Å². The molecule has 6 atom stereocenters. The first-order chi connectivity index (χ1) is 52.1. The summed E-state index contributed by atoms with van der Waals surface area (Å²) in [5, 5.41) is 30.0. The number of hydrogen-bond donors (Lipinski definition) is 6. The van der Waals surface area contributed by atoms with Gasteiger partial charge in [-0.05, 0) is 206 Å². The Morgan fingerprint density at radius 3 is 1.61 bits per heavy atom. The van der Waals surface area contributed by atoms with Crippen LogP contribution in [0.1, 0.15) is 135 Å². The molecule has 13 rings (SSSR count). The van der Waals surface area contributed by atoms with Crippen LogP contribution in [-0.2, 0) is 94.6 Å². The normalized spacial score (nSPS) is 20.7. The molecule has 7 N–H and O–H groups in total. The minimum atomic E-state index is -1.15. The first-order valence-electron chi connectivity index (χ1n) is 38.7. The molecule has 23 nitrogen and oxygen atoms in total. The molecule has 5 aliphatic rings. The summed E-state index contributed by atoms with van der Waals surface area (Å²) in [6.07, 6.45) is 14.6. The number of fused-ring (bicyclic) bond motifs is 12. The summed E-state index contributed by atoms with van der Waals surface area (Å²) in [4.78, 5) is 108. The quantitative estimate of drug-likeness (QED) is 0.0489. The Kier molecular flexibility index (Phi) is 23.7. The molecular formula is C86H106N12O11. The van der Waals surface area contributed by atoms with Crippen LogP contribution in [-0.4, -0.2) is 167 Å². The third-order valence-corrected chi connectivity index (χ3v) is 22.2. The number of amides is 5. The highest BCUT2D eigenvalue weighted by molar-refractivity contribution is 5.98. The van der Waals surface area contributed by atoms with Crippen molar-refractivity contribution in [2.75, 3.05) is 46.4 Å². The highest BCUT2D eigenvalue weighted by Gasteiger charge is 2.42. The second kappa shape index (κ2) is 32.9. The molecule has 576 valence electrons. The number of aromatic hydroxyl groups is 2. The van der Waals surface area contributed by atoms with Crippen LogP contribution in [0.25, 0.3) is 66.6 Å². The predicted octanol–water partition coefficient (Wildman–Crippen LogP) is 11.0. The van der Waals surface area contributed by atoms with E-state index in [2.05, 4.69) is 140 Å². The lowest BCUT2D eigenvalue weighted by Gasteiger charge is -2.37. The van der Waals surface area contributed by atoms with Gasteiger partial charge in [-0.2, -0.15) is 0 Å². The molecule has 3 saturated heterocycles. The van der Waals surface area contributed by atoms with E-state index in [1.165, 1.54) is 37.7 Å². The van der Waals surface area contributed by atoms with Crippen molar-refractivity contribution in [2.24, 2.45) is 28.4 Å². The molecule has 0 unspecified atom stereocenters. The molecular weight excluding hydrogens is 1380 g/mol. The summed E-state index contributed by atoms with van der Waals surface area (Å²) >= 11 is 0. The number of ether oxygens (including phenoxy) is 2. The number of benzene rings is 4. The number of carbonyl (C=O) groups is 7. The SMILES string of the molecule is C=CC(=O)N1CC[C@H](C(=O)N(C)[C@H](C(=O)N[C@H]2Cc3cc(O)cc(c3)-c3ccc4c(c3)c(c(-c3cnccc3CC)n4CC)CC(C)(C)COC(=O)[C@@H]3CCCN(N3)C2=O)C(C)C)C1.CCc1ccncc1-c1c2c3cc(ccc3n1CC)-c1cc(O)cc(c1)C[C@H](N)C(=O)N1CCC[C@H](N1)C(=O)OCC(C)(C)C2. The molecule has 0 spiro atoms. The fourth-order valence-corrected chi connectivity index (χ4v) is 16.7. The molecule has 3 fully saturated rings. The number of nitrogens with two attached hydrogens (primary N) is 1. The second-order valence-corrected chi connectivity index (χ2v) is 31.9. The Bertz CT molecular complexity index is 4800. The van der Waals surface area contributed by atoms with Crippen LogP contribution < -0.4 is 21.9 Å². The molecule has 0 radical (unpaired) electrons. The average molecular weight is 1480 g/mol. The minimum absolute atomic E-state index is 0.000449. The zero-order valence-corrected chi connectivity index (χ0v) is 64.9. The van der Waals surface area contributed by atoms with Gasteiger partial charge in [-0.25, -0.2) is 10.9 Å². The van der Waals surface area contributed by atoms with E-state index < -0.39 is 64.7 Å². The summed E-state index contributed by atoms with van der Waals surface area (Å²) in [6.45, 7) is 27.5. The van der Waals surface area contributed by atoms with Crippen molar-refractivity contribution in [3.63, 3.8) is 0 Å². The maximum atomic E-state index is 14.7. The van der Waals surface area contributed by atoms with Gasteiger partial charge < -0.3 is 49.7 Å². The van der Waals surface area contributed by atoms with Gasteiger partial charge in [-0.15, -0.1) is 0 Å². The molecule has 4 aromatic heterocycles. The van der Waals surface area contributed by atoms with Crippen molar-refractivity contribution in [1.82, 2.24) is 55.1 Å². The first kappa shape index (κ1) is 78.4. The Hall–Kier alpha value is -10.2. The number of likely N-dealkylation sites (N-methyl/N-ethyl adjacent to an activating group) is 1. The molecule has 9 heterocycles. The minimum Gasteiger partial charge on any atom is -0.508 e. The number of likely N-dealkylation sites (tertiary alicyclic amines) is 1. The topological polar surface area (TPSA) is 289 Å². The zero-order chi connectivity index (χ0) is 77.9. The highest BCUT2D eigenvalue weighted by Crippen LogP contribution is 2.44. The highest BCUT2D eigenvalue weighted by atomic mass is 16.5. The molecule has 109 heavy (non-hydrogen) atoms. The van der Waals surface area contributed by atoms with Gasteiger partial charge in [0.2, 0.25) is 17.7 Å². The number of pyridine rings is 2. The maximum Gasteiger partial charge on any atom is 0.324 e. The van der Waals surface area contributed by atoms with E-state index >= 15 is 0 Å². The van der Waals surface area contributed by atoms with Crippen LogP contribution in [0.15, 0.2) is 122 Å². The largest absolute Gasteiger partial charge is 0.508 e. The standard InChI is InChI=1S/C50H63N7O7.C36H43N5O4/c1-9-32-16-18-51-27-39(32)45-38-26-50(6,7)29-64-49(63)40-13-12-19-57(53-40)48(62)41(23-31-21-35(24-36(58)22-31)33-14-15-42(37(38)25-33)56(45)11-3)52-46(60)44(30(4)5)54(8)47(61)34-17-20-55(28-34)43(59)10-2;1-5-23-11-12-38-20-29(23)33-28-19-36(3,4)21-45-35(44)31-8-7-13-41(39-31)34(43)30(37)16-22-14-25(17-26(42)15-22)24-9-10-32(27(28)18-24)40(33)6-2/h10,14-16,18,21-22,24-25,27,30,34,40-41,44,53,58H,2,9,11-13,17,19-20,23,26,28-29H2,1,3-8H3,(H,52,60);9-12,14-15,17-18,20,30-31,39,42H,5-8,13,16,19,21,37H2,1-4H3/t34-,40-,41-,44-;30-,31-/m00/s1. The third kappa shape index (κ3) is 16.8. The van der Waals surface area contributed by atoms with Gasteiger partial charge in [0, 0.05) is 121 Å². The molecule has 12 bridgehead atoms. The van der Waals surface area contributed by atoms with Gasteiger partial charge in [-0.3, -0.25) is 53.5 Å².